The maximum absolute atomic E-state index is 12.3. The fourth-order valence-corrected chi connectivity index (χ4v) is 3.02. The first-order valence-corrected chi connectivity index (χ1v) is 8.79. The number of aromatic nitrogens is 2. The Labute approximate surface area is 156 Å². The molecule has 4 aromatic rings. The van der Waals surface area contributed by atoms with Crippen LogP contribution in [0.25, 0.3) is 22.6 Å². The molecule has 0 fully saturated rings. The van der Waals surface area contributed by atoms with Crippen molar-refractivity contribution in [3.8, 4) is 11.6 Å². The first-order valence-electron chi connectivity index (χ1n) is 8.79. The summed E-state index contributed by atoms with van der Waals surface area (Å²) < 4.78 is 11.0. The molecule has 1 atom stereocenters. The molecule has 2 heterocycles. The van der Waals surface area contributed by atoms with Crippen molar-refractivity contribution in [2.75, 3.05) is 6.54 Å². The topological polar surface area (TPSA) is 81.2 Å². The van der Waals surface area contributed by atoms with E-state index in [1.165, 1.54) is 0 Å². The first-order chi connectivity index (χ1) is 13.1. The van der Waals surface area contributed by atoms with Gasteiger partial charge in [-0.05, 0) is 24.5 Å². The number of benzene rings is 2. The minimum absolute atomic E-state index is 0.0786. The maximum atomic E-state index is 12.3. The van der Waals surface area contributed by atoms with Gasteiger partial charge in [0.05, 0.1) is 0 Å². The summed E-state index contributed by atoms with van der Waals surface area (Å²) >= 11 is 0. The van der Waals surface area contributed by atoms with Crippen LogP contribution in [0, 0.1) is 6.92 Å². The Balaban J connectivity index is 1.48. The van der Waals surface area contributed by atoms with E-state index in [0.717, 1.165) is 22.1 Å². The lowest BCUT2D eigenvalue weighted by Gasteiger charge is -2.11. The van der Waals surface area contributed by atoms with Crippen molar-refractivity contribution >= 4 is 16.9 Å². The van der Waals surface area contributed by atoms with Crippen LogP contribution in [-0.2, 0) is 0 Å². The van der Waals surface area contributed by atoms with E-state index in [1.54, 1.807) is 0 Å². The highest BCUT2D eigenvalue weighted by atomic mass is 16.5. The van der Waals surface area contributed by atoms with Gasteiger partial charge in [0, 0.05) is 17.5 Å². The van der Waals surface area contributed by atoms with Crippen LogP contribution in [0.2, 0.25) is 0 Å². The standard InChI is InChI=1S/C21H19N3O3/c1-13(15-8-4-3-5-9-15)12-22-20(25)21-23-19(24-27-21)18-14(2)16-10-6-7-11-17(16)26-18/h3-11,13H,12H2,1-2H3,(H,22,25)/t13-/m0/s1. The number of carbonyl (C=O) groups excluding carboxylic acids is 1. The van der Waals surface area contributed by atoms with Crippen molar-refractivity contribution in [3.63, 3.8) is 0 Å². The Morgan fingerprint density at radius 1 is 1.11 bits per heavy atom. The quantitative estimate of drug-likeness (QED) is 0.572. The van der Waals surface area contributed by atoms with Crippen LogP contribution in [0.15, 0.2) is 63.5 Å². The molecule has 0 aliphatic carbocycles. The lowest BCUT2D eigenvalue weighted by Crippen LogP contribution is -2.27. The van der Waals surface area contributed by atoms with Gasteiger partial charge >= 0.3 is 11.8 Å². The number of nitrogens with zero attached hydrogens (tertiary/aromatic N) is 2. The van der Waals surface area contributed by atoms with Gasteiger partial charge in [-0.3, -0.25) is 4.79 Å². The maximum Gasteiger partial charge on any atom is 0.316 e. The lowest BCUT2D eigenvalue weighted by atomic mass is 10.0. The fraction of sp³-hybridized carbons (Fsp3) is 0.190. The zero-order valence-electron chi connectivity index (χ0n) is 15.1. The van der Waals surface area contributed by atoms with Crippen molar-refractivity contribution < 1.29 is 13.7 Å². The van der Waals surface area contributed by atoms with Gasteiger partial charge in [-0.25, -0.2) is 0 Å². The molecule has 0 aliphatic rings. The molecule has 0 saturated carbocycles. The summed E-state index contributed by atoms with van der Waals surface area (Å²) in [6.45, 7) is 4.45. The van der Waals surface area contributed by atoms with E-state index in [-0.39, 0.29) is 17.6 Å². The number of nitrogens with one attached hydrogen (secondary N) is 1. The Bertz CT molecular complexity index is 1080. The molecule has 2 aromatic heterocycles. The van der Waals surface area contributed by atoms with Crippen molar-refractivity contribution in [2.45, 2.75) is 19.8 Å². The van der Waals surface area contributed by atoms with E-state index in [9.17, 15) is 4.79 Å². The van der Waals surface area contributed by atoms with Gasteiger partial charge in [0.15, 0.2) is 5.76 Å². The van der Waals surface area contributed by atoms with Crippen LogP contribution in [0.4, 0.5) is 0 Å². The van der Waals surface area contributed by atoms with Crippen LogP contribution in [0.3, 0.4) is 0 Å². The summed E-state index contributed by atoms with van der Waals surface area (Å²) in [5.74, 6) is 0.479. The molecule has 0 saturated heterocycles. The SMILES string of the molecule is Cc1c(-c2noc(C(=O)NC[C@H](C)c3ccccc3)n2)oc2ccccc12. The molecule has 0 radical (unpaired) electrons. The Morgan fingerprint density at radius 2 is 1.85 bits per heavy atom. The highest BCUT2D eigenvalue weighted by molar-refractivity contribution is 5.90. The summed E-state index contributed by atoms with van der Waals surface area (Å²) in [5, 5.41) is 7.73. The average molecular weight is 361 g/mol. The Kier molecular flexibility index (Phi) is 4.46. The second kappa shape index (κ2) is 7.07. The second-order valence-electron chi connectivity index (χ2n) is 6.50. The molecule has 0 aliphatic heterocycles. The van der Waals surface area contributed by atoms with E-state index >= 15 is 0 Å². The number of furan rings is 1. The van der Waals surface area contributed by atoms with E-state index in [1.807, 2.05) is 68.4 Å². The van der Waals surface area contributed by atoms with Gasteiger partial charge in [-0.1, -0.05) is 60.6 Å². The zero-order chi connectivity index (χ0) is 18.8. The summed E-state index contributed by atoms with van der Waals surface area (Å²) in [6.07, 6.45) is 0. The number of rotatable bonds is 5. The molecule has 0 bridgehead atoms. The number of aryl methyl sites for hydroxylation is 1. The predicted molar refractivity (Wildman–Crippen MR) is 101 cm³/mol. The van der Waals surface area contributed by atoms with Crippen molar-refractivity contribution in [1.82, 2.24) is 15.5 Å². The normalized spacial score (nSPS) is 12.2. The molecule has 27 heavy (non-hydrogen) atoms. The molecule has 136 valence electrons. The number of amides is 1. The third-order valence-corrected chi connectivity index (χ3v) is 4.60. The number of hydrogen-bond acceptors (Lipinski definition) is 5. The molecule has 6 nitrogen and oxygen atoms in total. The molecular weight excluding hydrogens is 342 g/mol. The molecule has 0 unspecified atom stereocenters. The minimum atomic E-state index is -0.398. The third kappa shape index (κ3) is 3.33. The Hall–Kier alpha value is -3.41. The summed E-state index contributed by atoms with van der Waals surface area (Å²) in [5.41, 5.74) is 2.82. The highest BCUT2D eigenvalue weighted by Crippen LogP contribution is 2.31. The van der Waals surface area contributed by atoms with E-state index in [2.05, 4.69) is 15.5 Å². The van der Waals surface area contributed by atoms with Crippen LogP contribution >= 0.6 is 0 Å². The van der Waals surface area contributed by atoms with E-state index in [4.69, 9.17) is 8.94 Å². The van der Waals surface area contributed by atoms with Gasteiger partial charge < -0.3 is 14.3 Å². The molecule has 4 rings (SSSR count). The van der Waals surface area contributed by atoms with Crippen molar-refractivity contribution in [3.05, 3.63) is 71.6 Å². The van der Waals surface area contributed by atoms with Crippen LogP contribution in [0.5, 0.6) is 0 Å². The lowest BCUT2D eigenvalue weighted by molar-refractivity contribution is 0.0908. The van der Waals surface area contributed by atoms with E-state index < -0.39 is 5.91 Å². The minimum Gasteiger partial charge on any atom is -0.452 e. The van der Waals surface area contributed by atoms with E-state index in [0.29, 0.717) is 12.3 Å². The molecule has 1 N–H and O–H groups in total. The van der Waals surface area contributed by atoms with Crippen LogP contribution in [-0.4, -0.2) is 22.6 Å². The number of fused-ring (bicyclic) bond motifs is 1. The largest absolute Gasteiger partial charge is 0.452 e. The van der Waals surface area contributed by atoms with Gasteiger partial charge in [-0.2, -0.15) is 4.98 Å². The smallest absolute Gasteiger partial charge is 0.316 e. The van der Waals surface area contributed by atoms with Crippen molar-refractivity contribution in [2.24, 2.45) is 0 Å². The number of carbonyl (C=O) groups is 1. The second-order valence-corrected chi connectivity index (χ2v) is 6.50. The first kappa shape index (κ1) is 17.0. The molecule has 0 spiro atoms. The fourth-order valence-electron chi connectivity index (χ4n) is 3.02. The highest BCUT2D eigenvalue weighted by Gasteiger charge is 2.21. The molecule has 6 heteroatoms. The zero-order valence-corrected chi connectivity index (χ0v) is 15.1. The van der Waals surface area contributed by atoms with Gasteiger partial charge in [0.1, 0.15) is 5.58 Å². The number of para-hydroxylation sites is 1. The molecule has 1 amide bonds. The summed E-state index contributed by atoms with van der Waals surface area (Å²) in [4.78, 5) is 16.5. The summed E-state index contributed by atoms with van der Waals surface area (Å²) in [7, 11) is 0. The van der Waals surface area contributed by atoms with Crippen LogP contribution in [0.1, 0.15) is 34.7 Å². The Morgan fingerprint density at radius 3 is 2.63 bits per heavy atom. The van der Waals surface area contributed by atoms with Gasteiger partial charge in [0.2, 0.25) is 5.82 Å². The number of hydrogen-bond donors (Lipinski definition) is 1. The van der Waals surface area contributed by atoms with Gasteiger partial charge in [0.25, 0.3) is 0 Å². The third-order valence-electron chi connectivity index (χ3n) is 4.60. The monoisotopic (exact) mass is 361 g/mol. The van der Waals surface area contributed by atoms with Gasteiger partial charge in [-0.15, -0.1) is 0 Å². The van der Waals surface area contributed by atoms with Crippen molar-refractivity contribution in [1.29, 1.82) is 0 Å². The average Bonchev–Trinajstić information content (AvgIpc) is 3.32. The summed E-state index contributed by atoms with van der Waals surface area (Å²) in [6, 6.07) is 17.7. The predicted octanol–water partition coefficient (Wildman–Crippen LogP) is 4.32. The molecule has 2 aromatic carbocycles. The van der Waals surface area contributed by atoms with Crippen LogP contribution < -0.4 is 5.32 Å². The molecular formula is C21H19N3O3.